The molecule has 0 fully saturated rings. The average molecular weight is 287 g/mol. The van der Waals surface area contributed by atoms with Crippen LogP contribution in [0, 0.1) is 0 Å². The van der Waals surface area contributed by atoms with Crippen LogP contribution in [0.5, 0.6) is 0 Å². The lowest BCUT2D eigenvalue weighted by molar-refractivity contribution is -0.138. The first-order valence-corrected chi connectivity index (χ1v) is 6.92. The summed E-state index contributed by atoms with van der Waals surface area (Å²) in [6.45, 7) is 0. The summed E-state index contributed by atoms with van der Waals surface area (Å²) in [4.78, 5) is 23.1. The van der Waals surface area contributed by atoms with Crippen LogP contribution in [0.1, 0.15) is 0 Å². The molecule has 0 aliphatic carbocycles. The molecule has 0 saturated heterocycles. The van der Waals surface area contributed by atoms with Gasteiger partial charge in [0.25, 0.3) is 0 Å². The summed E-state index contributed by atoms with van der Waals surface area (Å²) in [5.74, 6) is -1.53. The fourth-order valence-electron chi connectivity index (χ4n) is 1.32. The molecule has 1 aliphatic rings. The van der Waals surface area contributed by atoms with Crippen molar-refractivity contribution in [2.75, 3.05) is 20.5 Å². The molecule has 0 bridgehead atoms. The Kier molecular flexibility index (Phi) is 4.49. The molecule has 1 aliphatic heterocycles. The zero-order valence-electron chi connectivity index (χ0n) is 10.6. The van der Waals surface area contributed by atoms with Crippen LogP contribution < -0.4 is 0 Å². The highest BCUT2D eigenvalue weighted by Gasteiger charge is 2.22. The largest absolute Gasteiger partial charge is 0.465 e. The Hall–Kier alpha value is -2.09. The van der Waals surface area contributed by atoms with Gasteiger partial charge in [0.1, 0.15) is 0 Å². The molecule has 104 valence electrons. The molecule has 0 aromatic carbocycles. The summed E-state index contributed by atoms with van der Waals surface area (Å²) < 4.78 is 32.7. The van der Waals surface area contributed by atoms with Gasteiger partial charge in [-0.25, -0.2) is 18.0 Å². The number of nitrogens with zero attached hydrogens (tertiary/aromatic N) is 1. The molecule has 19 heavy (non-hydrogen) atoms. The number of carbonyl (C=O) groups excluding carboxylic acids is 2. The predicted octanol–water partition coefficient (Wildman–Crippen LogP) is -0.0684. The summed E-state index contributed by atoms with van der Waals surface area (Å²) in [5.41, 5.74) is -0.173. The van der Waals surface area contributed by atoms with E-state index in [2.05, 4.69) is 9.47 Å². The fourth-order valence-corrected chi connectivity index (χ4v) is 1.89. The Morgan fingerprint density at radius 1 is 1.00 bits per heavy atom. The molecule has 1 heterocycles. The van der Waals surface area contributed by atoms with Crippen LogP contribution in [0.3, 0.4) is 0 Å². The van der Waals surface area contributed by atoms with Crippen LogP contribution >= 0.6 is 0 Å². The molecular formula is C11H13NO6S. The van der Waals surface area contributed by atoms with Gasteiger partial charge in [-0.15, -0.1) is 0 Å². The van der Waals surface area contributed by atoms with E-state index in [1.165, 1.54) is 12.2 Å². The van der Waals surface area contributed by atoms with E-state index in [4.69, 9.17) is 0 Å². The van der Waals surface area contributed by atoms with Gasteiger partial charge in [0.15, 0.2) is 0 Å². The SMILES string of the molecule is COC(=O)C1=C(C(=O)OC)C=CN(S(C)(=O)=O)C=C1. The first kappa shape index (κ1) is 15.0. The quantitative estimate of drug-likeness (QED) is 0.675. The fraction of sp³-hybridized carbons (Fsp3) is 0.273. The molecule has 0 atom stereocenters. The number of esters is 2. The second-order valence-electron chi connectivity index (χ2n) is 3.53. The molecule has 0 amide bonds. The topological polar surface area (TPSA) is 90.0 Å². The third-order valence-electron chi connectivity index (χ3n) is 2.26. The molecule has 7 nitrogen and oxygen atoms in total. The van der Waals surface area contributed by atoms with Crippen LogP contribution in [-0.4, -0.2) is 45.1 Å². The summed E-state index contributed by atoms with van der Waals surface area (Å²) in [6.07, 6.45) is 5.64. The maximum Gasteiger partial charge on any atom is 0.338 e. The Morgan fingerprint density at radius 2 is 1.37 bits per heavy atom. The summed E-state index contributed by atoms with van der Waals surface area (Å²) in [6, 6.07) is 0. The number of hydrogen-bond acceptors (Lipinski definition) is 6. The molecule has 0 radical (unpaired) electrons. The van der Waals surface area contributed by atoms with Crippen molar-refractivity contribution >= 4 is 22.0 Å². The zero-order valence-corrected chi connectivity index (χ0v) is 11.4. The summed E-state index contributed by atoms with van der Waals surface area (Å²) in [5, 5.41) is 0. The van der Waals surface area contributed by atoms with Gasteiger partial charge in [-0.2, -0.15) is 0 Å². The summed E-state index contributed by atoms with van der Waals surface area (Å²) >= 11 is 0. The number of hydrogen-bond donors (Lipinski definition) is 0. The van der Waals surface area contributed by atoms with Crippen molar-refractivity contribution < 1.29 is 27.5 Å². The Labute approximate surface area is 110 Å². The Morgan fingerprint density at radius 3 is 1.63 bits per heavy atom. The van der Waals surface area contributed by atoms with Gasteiger partial charge in [-0.05, 0) is 12.2 Å². The van der Waals surface area contributed by atoms with Crippen molar-refractivity contribution in [3.63, 3.8) is 0 Å². The zero-order chi connectivity index (χ0) is 14.6. The molecule has 0 spiro atoms. The first-order chi connectivity index (χ1) is 8.81. The first-order valence-electron chi connectivity index (χ1n) is 5.07. The third-order valence-corrected chi connectivity index (χ3v) is 3.27. The van der Waals surface area contributed by atoms with Crippen LogP contribution in [-0.2, 0) is 29.1 Å². The lowest BCUT2D eigenvalue weighted by atomic mass is 10.1. The van der Waals surface area contributed by atoms with E-state index in [1.807, 2.05) is 0 Å². The molecule has 0 aromatic heterocycles. The molecule has 1 rings (SSSR count). The van der Waals surface area contributed by atoms with Crippen LogP contribution in [0.4, 0.5) is 0 Å². The van der Waals surface area contributed by atoms with Gasteiger partial charge in [0.05, 0.1) is 31.6 Å². The normalized spacial score (nSPS) is 15.2. The minimum Gasteiger partial charge on any atom is -0.465 e. The average Bonchev–Trinajstić information content (AvgIpc) is 2.58. The van der Waals surface area contributed by atoms with E-state index < -0.39 is 22.0 Å². The molecule has 0 aromatic rings. The highest BCUT2D eigenvalue weighted by Crippen LogP contribution is 2.17. The predicted molar refractivity (Wildman–Crippen MR) is 66.0 cm³/mol. The molecule has 0 unspecified atom stereocenters. The monoisotopic (exact) mass is 287 g/mol. The van der Waals surface area contributed by atoms with Crippen LogP contribution in [0.15, 0.2) is 35.7 Å². The maximum atomic E-state index is 11.6. The number of rotatable bonds is 3. The lowest BCUT2D eigenvalue weighted by Crippen LogP contribution is -2.18. The van der Waals surface area contributed by atoms with E-state index in [0.717, 1.165) is 37.2 Å². The number of methoxy groups -OCH3 is 2. The second kappa shape index (κ2) is 5.70. The minimum absolute atomic E-state index is 0.0863. The molecule has 0 saturated carbocycles. The van der Waals surface area contributed by atoms with Gasteiger partial charge in [-0.3, -0.25) is 4.31 Å². The van der Waals surface area contributed by atoms with Crippen LogP contribution in [0.2, 0.25) is 0 Å². The highest BCUT2D eigenvalue weighted by molar-refractivity contribution is 7.88. The maximum absolute atomic E-state index is 11.6. The number of carbonyl (C=O) groups is 2. The second-order valence-corrected chi connectivity index (χ2v) is 5.42. The standard InChI is InChI=1S/C11H13NO6S/c1-17-10(13)8-4-6-12(19(3,15)16)7-5-9(8)11(14)18-2/h4-7H,1-3H3. The smallest absolute Gasteiger partial charge is 0.338 e. The van der Waals surface area contributed by atoms with Gasteiger partial charge in [0, 0.05) is 12.4 Å². The van der Waals surface area contributed by atoms with Crippen LogP contribution in [0.25, 0.3) is 0 Å². The van der Waals surface area contributed by atoms with Crippen molar-refractivity contribution in [3.8, 4) is 0 Å². The Balaban J connectivity index is 3.33. The van der Waals surface area contributed by atoms with Gasteiger partial charge >= 0.3 is 11.9 Å². The molecule has 8 heteroatoms. The lowest BCUT2D eigenvalue weighted by Gasteiger charge is -2.10. The van der Waals surface area contributed by atoms with E-state index in [0.29, 0.717) is 0 Å². The van der Waals surface area contributed by atoms with E-state index >= 15 is 0 Å². The van der Waals surface area contributed by atoms with E-state index in [9.17, 15) is 18.0 Å². The number of sulfonamides is 1. The third kappa shape index (κ3) is 3.44. The van der Waals surface area contributed by atoms with E-state index in [1.54, 1.807) is 0 Å². The van der Waals surface area contributed by atoms with Gasteiger partial charge in [0.2, 0.25) is 10.0 Å². The minimum atomic E-state index is -3.53. The van der Waals surface area contributed by atoms with Crippen molar-refractivity contribution in [2.24, 2.45) is 0 Å². The van der Waals surface area contributed by atoms with Crippen molar-refractivity contribution in [2.45, 2.75) is 0 Å². The van der Waals surface area contributed by atoms with Gasteiger partial charge in [-0.1, -0.05) is 0 Å². The molecular weight excluding hydrogens is 274 g/mol. The summed E-state index contributed by atoms with van der Waals surface area (Å²) in [7, 11) is -1.22. The van der Waals surface area contributed by atoms with E-state index in [-0.39, 0.29) is 11.1 Å². The van der Waals surface area contributed by atoms with Crippen molar-refractivity contribution in [1.29, 1.82) is 0 Å². The van der Waals surface area contributed by atoms with Crippen molar-refractivity contribution in [3.05, 3.63) is 35.7 Å². The highest BCUT2D eigenvalue weighted by atomic mass is 32.2. The number of ether oxygens (including phenoxy) is 2. The van der Waals surface area contributed by atoms with Crippen molar-refractivity contribution in [1.82, 2.24) is 4.31 Å². The molecule has 0 N–H and O–H groups in total. The van der Waals surface area contributed by atoms with Gasteiger partial charge < -0.3 is 9.47 Å². The Bertz CT molecular complexity index is 548.